The molecule has 0 aromatic carbocycles. The second kappa shape index (κ2) is 14.1. The summed E-state index contributed by atoms with van der Waals surface area (Å²) in [7, 11) is 0. The van der Waals surface area contributed by atoms with Crippen LogP contribution < -0.4 is 0 Å². The fourth-order valence-corrected chi connectivity index (χ4v) is 0.877. The first kappa shape index (κ1) is 17.5. The minimum atomic E-state index is -0.845. The highest BCUT2D eigenvalue weighted by atomic mass is 16.4. The number of aliphatic hydroxyl groups excluding tert-OH is 2. The summed E-state index contributed by atoms with van der Waals surface area (Å²) in [5.74, 6) is -0.845. The van der Waals surface area contributed by atoms with Gasteiger partial charge in [0, 0.05) is 18.8 Å². The fraction of sp³-hybridized carbons (Fsp3) is 0.750. The molecule has 96 valence electrons. The van der Waals surface area contributed by atoms with Crippen LogP contribution in [0.5, 0.6) is 0 Å². The first-order valence-corrected chi connectivity index (χ1v) is 5.68. The number of unbranched alkanes of at least 4 members (excludes halogenated alkanes) is 4. The molecule has 0 aliphatic rings. The number of rotatable bonds is 7. The Morgan fingerprint density at radius 1 is 1.00 bits per heavy atom. The summed E-state index contributed by atoms with van der Waals surface area (Å²) in [5.41, 5.74) is 0.389. The van der Waals surface area contributed by atoms with E-state index in [1.54, 1.807) is 19.9 Å². The van der Waals surface area contributed by atoms with Crippen LogP contribution in [-0.4, -0.2) is 34.5 Å². The molecule has 0 radical (unpaired) electrons. The Morgan fingerprint density at radius 2 is 1.38 bits per heavy atom. The molecule has 0 amide bonds. The molecular weight excluding hydrogens is 208 g/mol. The largest absolute Gasteiger partial charge is 0.478 e. The number of hydrogen-bond donors (Lipinski definition) is 3. The van der Waals surface area contributed by atoms with Crippen molar-refractivity contribution in [3.63, 3.8) is 0 Å². The zero-order valence-corrected chi connectivity index (χ0v) is 10.3. The maximum absolute atomic E-state index is 9.86. The molecule has 0 heterocycles. The van der Waals surface area contributed by atoms with Gasteiger partial charge in [-0.3, -0.25) is 0 Å². The molecule has 0 fully saturated rings. The normalized spacial score (nSPS) is 10.6. The summed E-state index contributed by atoms with van der Waals surface area (Å²) in [4.78, 5) is 9.86. The monoisotopic (exact) mass is 232 g/mol. The van der Waals surface area contributed by atoms with Crippen LogP contribution in [0.15, 0.2) is 11.6 Å². The lowest BCUT2D eigenvalue weighted by atomic mass is 10.2. The molecule has 0 unspecified atom stereocenters. The van der Waals surface area contributed by atoms with Crippen LogP contribution in [0, 0.1) is 0 Å². The maximum atomic E-state index is 9.86. The number of hydrogen-bond acceptors (Lipinski definition) is 3. The molecule has 0 bridgehead atoms. The molecule has 16 heavy (non-hydrogen) atoms. The fourth-order valence-electron chi connectivity index (χ4n) is 0.877. The summed E-state index contributed by atoms with van der Waals surface area (Å²) in [6.45, 7) is 3.87. The van der Waals surface area contributed by atoms with Crippen molar-refractivity contribution in [1.29, 1.82) is 0 Å². The van der Waals surface area contributed by atoms with Gasteiger partial charge >= 0.3 is 5.97 Å². The molecule has 0 aliphatic heterocycles. The average molecular weight is 232 g/mol. The van der Waals surface area contributed by atoms with Crippen molar-refractivity contribution in [2.75, 3.05) is 13.2 Å². The highest BCUT2D eigenvalue weighted by molar-refractivity contribution is 5.85. The van der Waals surface area contributed by atoms with Gasteiger partial charge in [0.2, 0.25) is 0 Å². The molecule has 0 aliphatic carbocycles. The topological polar surface area (TPSA) is 77.8 Å². The Labute approximate surface area is 97.6 Å². The van der Waals surface area contributed by atoms with Crippen LogP contribution in [0.4, 0.5) is 0 Å². The summed E-state index contributed by atoms with van der Waals surface area (Å²) >= 11 is 0. The van der Waals surface area contributed by atoms with Crippen LogP contribution in [0.2, 0.25) is 0 Å². The Kier molecular flexibility index (Phi) is 15.5. The number of aliphatic carboxylic acids is 1. The Morgan fingerprint density at radius 3 is 1.56 bits per heavy atom. The second-order valence-electron chi connectivity index (χ2n) is 3.49. The number of allylic oxidation sites excluding steroid dienone is 1. The van der Waals surface area contributed by atoms with Gasteiger partial charge in [0.25, 0.3) is 0 Å². The van der Waals surface area contributed by atoms with Crippen LogP contribution in [0.1, 0.15) is 46.0 Å². The van der Waals surface area contributed by atoms with Gasteiger partial charge in [-0.25, -0.2) is 4.79 Å². The maximum Gasteiger partial charge on any atom is 0.330 e. The van der Waals surface area contributed by atoms with E-state index in [-0.39, 0.29) is 0 Å². The molecule has 3 N–H and O–H groups in total. The van der Waals surface area contributed by atoms with E-state index >= 15 is 0 Å². The molecule has 4 heteroatoms. The predicted molar refractivity (Wildman–Crippen MR) is 64.3 cm³/mol. The van der Waals surface area contributed by atoms with Crippen molar-refractivity contribution < 1.29 is 20.1 Å². The van der Waals surface area contributed by atoms with E-state index in [1.807, 2.05) is 0 Å². The highest BCUT2D eigenvalue weighted by Gasteiger charge is 1.93. The van der Waals surface area contributed by atoms with Gasteiger partial charge in [0.1, 0.15) is 0 Å². The summed E-state index contributed by atoms with van der Waals surface area (Å²) in [5, 5.41) is 24.9. The third-order valence-electron chi connectivity index (χ3n) is 2.09. The number of carboxylic acid groups (broad SMARTS) is 1. The molecular formula is C12H24O4. The van der Waals surface area contributed by atoms with E-state index in [4.69, 9.17) is 15.3 Å². The van der Waals surface area contributed by atoms with E-state index in [2.05, 4.69) is 0 Å². The number of carboxylic acids is 1. The van der Waals surface area contributed by atoms with E-state index in [0.29, 0.717) is 18.8 Å². The van der Waals surface area contributed by atoms with Crippen LogP contribution in [-0.2, 0) is 4.79 Å². The third kappa shape index (κ3) is 15.6. The molecule has 0 aromatic heterocycles. The first-order valence-electron chi connectivity index (χ1n) is 5.68. The van der Waals surface area contributed by atoms with E-state index in [1.165, 1.54) is 0 Å². The smallest absolute Gasteiger partial charge is 0.330 e. The average Bonchev–Trinajstić information content (AvgIpc) is 2.28. The first-order chi connectivity index (χ1) is 7.59. The van der Waals surface area contributed by atoms with Gasteiger partial charge in [-0.2, -0.15) is 0 Å². The van der Waals surface area contributed by atoms with Crippen molar-refractivity contribution in [1.82, 2.24) is 0 Å². The van der Waals surface area contributed by atoms with Gasteiger partial charge in [-0.15, -0.1) is 0 Å². The van der Waals surface area contributed by atoms with Crippen molar-refractivity contribution in [3.8, 4) is 0 Å². The molecule has 0 spiro atoms. The molecule has 4 nitrogen and oxygen atoms in total. The summed E-state index contributed by atoms with van der Waals surface area (Å²) < 4.78 is 0. The van der Waals surface area contributed by atoms with Crippen molar-refractivity contribution >= 4 is 5.97 Å². The van der Waals surface area contributed by atoms with E-state index in [0.717, 1.165) is 32.1 Å². The van der Waals surface area contributed by atoms with Crippen molar-refractivity contribution in [2.24, 2.45) is 0 Å². The Bertz CT molecular complexity index is 181. The molecule has 0 saturated heterocycles. The lowest BCUT2D eigenvalue weighted by Gasteiger charge is -1.95. The van der Waals surface area contributed by atoms with Crippen molar-refractivity contribution in [2.45, 2.75) is 46.0 Å². The van der Waals surface area contributed by atoms with Gasteiger partial charge in [0.05, 0.1) is 0 Å². The lowest BCUT2D eigenvalue weighted by Crippen LogP contribution is -1.93. The predicted octanol–water partition coefficient (Wildman–Crippen LogP) is 1.96. The number of carbonyl (C=O) groups is 1. The lowest BCUT2D eigenvalue weighted by molar-refractivity contribution is -0.132. The van der Waals surface area contributed by atoms with Crippen LogP contribution >= 0.6 is 0 Å². The minimum absolute atomic E-state index is 0.305. The van der Waals surface area contributed by atoms with Gasteiger partial charge in [-0.05, 0) is 26.7 Å². The second-order valence-corrected chi connectivity index (χ2v) is 3.49. The van der Waals surface area contributed by atoms with Crippen LogP contribution in [0.25, 0.3) is 0 Å². The molecule has 0 aromatic rings. The van der Waals surface area contributed by atoms with E-state index in [9.17, 15) is 4.79 Å². The molecule has 0 rings (SSSR count). The minimum Gasteiger partial charge on any atom is -0.478 e. The summed E-state index contributed by atoms with van der Waals surface area (Å²) in [6.07, 6.45) is 6.70. The van der Waals surface area contributed by atoms with Crippen LogP contribution in [0.3, 0.4) is 0 Å². The van der Waals surface area contributed by atoms with Gasteiger partial charge in [0.15, 0.2) is 0 Å². The zero-order chi connectivity index (χ0) is 12.8. The SMILES string of the molecule is CC=C(C)C(=O)O.OCCCCCCCO. The number of aliphatic hydroxyl groups is 2. The summed E-state index contributed by atoms with van der Waals surface area (Å²) in [6, 6.07) is 0. The standard InChI is InChI=1S/C7H16O2.C5H8O2/c8-6-4-2-1-3-5-7-9;1-3-4(2)5(6)7/h8-9H,1-7H2;3H,1-2H3,(H,6,7). The molecule has 0 saturated carbocycles. The van der Waals surface area contributed by atoms with Gasteiger partial charge in [-0.1, -0.05) is 25.3 Å². The third-order valence-corrected chi connectivity index (χ3v) is 2.09. The molecule has 0 atom stereocenters. The Balaban J connectivity index is 0. The highest BCUT2D eigenvalue weighted by Crippen LogP contribution is 2.00. The quantitative estimate of drug-likeness (QED) is 0.463. The van der Waals surface area contributed by atoms with E-state index < -0.39 is 5.97 Å². The zero-order valence-electron chi connectivity index (χ0n) is 10.3. The Hall–Kier alpha value is -0.870. The van der Waals surface area contributed by atoms with Gasteiger partial charge < -0.3 is 15.3 Å². The van der Waals surface area contributed by atoms with Crippen molar-refractivity contribution in [3.05, 3.63) is 11.6 Å².